The van der Waals surface area contributed by atoms with Crippen LogP contribution in [0.5, 0.6) is 0 Å². The third-order valence-electron chi connectivity index (χ3n) is 0. The monoisotopic (exact) mass is 516 g/mol. The van der Waals surface area contributed by atoms with Gasteiger partial charge in [0.25, 0.3) is 0 Å². The fourth-order valence-corrected chi connectivity index (χ4v) is 0. The Morgan fingerprint density at radius 2 is 1.20 bits per heavy atom. The Morgan fingerprint density at radius 3 is 1.20 bits per heavy atom. The molecule has 0 aromatic rings. The maximum Gasteiger partial charge on any atom is 2.00 e. The van der Waals surface area contributed by atoms with Crippen LogP contribution in [0.2, 0.25) is 0 Å². The number of hydrogen-bond acceptors (Lipinski definition) is 6. The SMILES string of the molecule is O=N[O-].O=[N+]([O-])[O-].[NH4+].[Pt+2].[Pt+2]. The zero-order valence-electron chi connectivity index (χ0n) is 4.57. The van der Waals surface area contributed by atoms with E-state index in [1.807, 2.05) is 0 Å². The quantitative estimate of drug-likeness (QED) is 0.280. The number of rotatable bonds is 0. The summed E-state index contributed by atoms with van der Waals surface area (Å²) in [6, 6.07) is 0. The van der Waals surface area contributed by atoms with E-state index in [-0.39, 0.29) is 48.3 Å². The summed E-state index contributed by atoms with van der Waals surface area (Å²) < 4.78 is 0. The molecule has 0 aromatic carbocycles. The van der Waals surface area contributed by atoms with Crippen LogP contribution < -0.4 is 6.15 Å². The Balaban J connectivity index is -0.0000000131. The van der Waals surface area contributed by atoms with Gasteiger partial charge in [0.15, 0.2) is 0 Å². The molecule has 0 aromatic heterocycles. The first kappa shape index (κ1) is 32.6. The molecule has 0 rings (SSSR count). The van der Waals surface area contributed by atoms with Crippen molar-refractivity contribution in [2.24, 2.45) is 5.34 Å². The molecule has 8 nitrogen and oxygen atoms in total. The van der Waals surface area contributed by atoms with E-state index in [1.165, 1.54) is 0 Å². The summed E-state index contributed by atoms with van der Waals surface area (Å²) in [5.41, 5.74) is 0. The van der Waals surface area contributed by atoms with Gasteiger partial charge in [-0.25, -0.2) is 0 Å². The average molecular weight is 516 g/mol. The Kier molecular flexibility index (Phi) is 118. The van der Waals surface area contributed by atoms with Crippen LogP contribution in [0.3, 0.4) is 0 Å². The molecule has 0 fully saturated rings. The standard InChI is InChI=1S/NO3.HNO2.H3N.2Pt/c2-1(3)4;2-1-3;;;/h;(H,2,3);1H3;;/q-1;;;2*+2. The van der Waals surface area contributed by atoms with Gasteiger partial charge >= 0.3 is 42.1 Å². The largest absolute Gasteiger partial charge is 2.00 e. The molecule has 0 spiro atoms. The minimum absolute atomic E-state index is 0. The Labute approximate surface area is 84.1 Å². The van der Waals surface area contributed by atoms with Crippen molar-refractivity contribution in [2.75, 3.05) is 0 Å². The maximum absolute atomic E-state index is 8.25. The van der Waals surface area contributed by atoms with Gasteiger partial charge in [-0.2, -0.15) is 0 Å². The molecule has 0 aliphatic rings. The Hall–Kier alpha value is -0.0634. The molecule has 0 aliphatic heterocycles. The first-order chi connectivity index (χ1) is 3.15. The van der Waals surface area contributed by atoms with Gasteiger partial charge in [-0.3, -0.25) is 0 Å². The summed E-state index contributed by atoms with van der Waals surface area (Å²) >= 11 is 0. The summed E-state index contributed by atoms with van der Waals surface area (Å²) in [4.78, 5) is 16.2. The van der Waals surface area contributed by atoms with Crippen LogP contribution in [-0.4, -0.2) is 5.09 Å². The molecule has 0 saturated carbocycles. The van der Waals surface area contributed by atoms with E-state index < -0.39 is 5.09 Å². The fourth-order valence-electron chi connectivity index (χ4n) is 0. The molecular weight excluding hydrogens is 512 g/mol. The molecule has 0 heterocycles. The molecule has 10 heteroatoms. The van der Waals surface area contributed by atoms with Crippen molar-refractivity contribution in [3.63, 3.8) is 0 Å². The van der Waals surface area contributed by atoms with Crippen LogP contribution in [0.25, 0.3) is 0 Å². The smallest absolute Gasteiger partial charge is 0.444 e. The van der Waals surface area contributed by atoms with E-state index in [4.69, 9.17) is 25.4 Å². The predicted molar refractivity (Wildman–Crippen MR) is 25.5 cm³/mol. The van der Waals surface area contributed by atoms with Crippen molar-refractivity contribution in [3.8, 4) is 0 Å². The van der Waals surface area contributed by atoms with Crippen molar-refractivity contribution in [1.82, 2.24) is 6.15 Å². The molecule has 4 N–H and O–H groups in total. The topological polar surface area (TPSA) is 155 Å². The van der Waals surface area contributed by atoms with E-state index in [2.05, 4.69) is 0 Å². The first-order valence-electron chi connectivity index (χ1n) is 0.913. The van der Waals surface area contributed by atoms with E-state index in [0.717, 1.165) is 5.34 Å². The van der Waals surface area contributed by atoms with Gasteiger partial charge in [-0.1, -0.05) is 0 Å². The molecule has 0 aliphatic carbocycles. The molecular formula is H4N3O5Pt2+3. The summed E-state index contributed by atoms with van der Waals surface area (Å²) in [6.45, 7) is 0. The minimum atomic E-state index is -1.75. The third kappa shape index (κ3) is 95100. The van der Waals surface area contributed by atoms with Gasteiger partial charge < -0.3 is 31.6 Å². The summed E-state index contributed by atoms with van der Waals surface area (Å²) in [6.07, 6.45) is 0. The molecule has 66 valence electrons. The van der Waals surface area contributed by atoms with Crippen LogP contribution in [0.4, 0.5) is 0 Å². The van der Waals surface area contributed by atoms with Crippen molar-refractivity contribution < 1.29 is 47.2 Å². The minimum Gasteiger partial charge on any atom is -0.444 e. The van der Waals surface area contributed by atoms with E-state index >= 15 is 0 Å². The second-order valence-corrected chi connectivity index (χ2v) is 0.298. The van der Waals surface area contributed by atoms with Gasteiger partial charge in [-0.15, -0.1) is 5.34 Å². The first-order valence-corrected chi connectivity index (χ1v) is 0.913. The van der Waals surface area contributed by atoms with E-state index in [0.29, 0.717) is 0 Å². The van der Waals surface area contributed by atoms with Crippen molar-refractivity contribution in [1.29, 1.82) is 0 Å². The predicted octanol–water partition coefficient (Wildman–Crippen LogP) is 0.383. The van der Waals surface area contributed by atoms with Crippen LogP contribution in [0, 0.1) is 25.4 Å². The van der Waals surface area contributed by atoms with E-state index in [1.54, 1.807) is 0 Å². The van der Waals surface area contributed by atoms with Gasteiger partial charge in [0.05, 0.1) is 5.09 Å². The molecule has 0 saturated heterocycles. The van der Waals surface area contributed by atoms with Crippen LogP contribution in [0.15, 0.2) is 5.34 Å². The van der Waals surface area contributed by atoms with Gasteiger partial charge in [0.2, 0.25) is 0 Å². The second-order valence-electron chi connectivity index (χ2n) is 0.298. The molecule has 10 heavy (non-hydrogen) atoms. The Bertz CT molecular complexity index is 61.9. The van der Waals surface area contributed by atoms with Crippen molar-refractivity contribution in [2.45, 2.75) is 0 Å². The van der Waals surface area contributed by atoms with Crippen LogP contribution >= 0.6 is 0 Å². The third-order valence-corrected chi connectivity index (χ3v) is 0. The van der Waals surface area contributed by atoms with Crippen molar-refractivity contribution in [3.05, 3.63) is 25.4 Å². The normalized spacial score (nSPS) is 3.60. The number of nitrogens with zero attached hydrogens (tertiary/aromatic N) is 2. The molecule has 0 bridgehead atoms. The zero-order valence-corrected chi connectivity index (χ0v) is 9.11. The van der Waals surface area contributed by atoms with Crippen LogP contribution in [0.1, 0.15) is 0 Å². The van der Waals surface area contributed by atoms with Crippen molar-refractivity contribution >= 4 is 0 Å². The molecule has 0 radical (unpaired) electrons. The fraction of sp³-hybridized carbons (Fsp3) is 0. The number of hydrogen-bond donors (Lipinski definition) is 1. The zero-order chi connectivity index (χ0) is 6.28. The summed E-state index contributed by atoms with van der Waals surface area (Å²) in [7, 11) is 0. The van der Waals surface area contributed by atoms with Gasteiger partial charge in [-0.05, 0) is 0 Å². The summed E-state index contributed by atoms with van der Waals surface area (Å²) in [5, 5.41) is 23.8. The molecule has 0 atom stereocenters. The maximum atomic E-state index is 8.25. The van der Waals surface area contributed by atoms with Crippen LogP contribution in [-0.2, 0) is 42.1 Å². The van der Waals surface area contributed by atoms with E-state index in [9.17, 15) is 0 Å². The summed E-state index contributed by atoms with van der Waals surface area (Å²) in [5.74, 6) is 0. The van der Waals surface area contributed by atoms with Gasteiger partial charge in [0, 0.05) is 0 Å². The van der Waals surface area contributed by atoms with Gasteiger partial charge in [0.1, 0.15) is 0 Å². The average Bonchev–Trinajstić information content (AvgIpc) is 1.33. The number of quaternary nitrogens is 1. The Morgan fingerprint density at radius 1 is 1.20 bits per heavy atom. The second kappa shape index (κ2) is 36.3. The molecule has 0 unspecified atom stereocenters. The molecule has 0 amide bonds.